The molecule has 0 aliphatic carbocycles. The van der Waals surface area contributed by atoms with E-state index in [1.807, 2.05) is 11.0 Å². The molecule has 0 bridgehead atoms. The van der Waals surface area contributed by atoms with E-state index >= 15 is 0 Å². The molecule has 0 amide bonds. The Bertz CT molecular complexity index is 968. The Kier molecular flexibility index (Phi) is 5.22. The lowest BCUT2D eigenvalue weighted by molar-refractivity contribution is 0.388. The van der Waals surface area contributed by atoms with E-state index < -0.39 is 20.0 Å². The SMILES string of the molecule is CS(=O)(=O)N1CCN(c2cccc(NS(=O)(=O)c3ccccc3)c2)CC1. The molecule has 1 aliphatic heterocycles. The Morgan fingerprint density at radius 1 is 0.846 bits per heavy atom. The molecule has 0 saturated carbocycles. The van der Waals surface area contributed by atoms with Crippen LogP contribution in [0.15, 0.2) is 59.5 Å². The highest BCUT2D eigenvalue weighted by Gasteiger charge is 2.23. The first kappa shape index (κ1) is 18.7. The van der Waals surface area contributed by atoms with Crippen LogP contribution in [0.2, 0.25) is 0 Å². The summed E-state index contributed by atoms with van der Waals surface area (Å²) in [5.41, 5.74) is 1.32. The number of nitrogens with one attached hydrogen (secondary N) is 1. The van der Waals surface area contributed by atoms with Crippen LogP contribution in [0, 0.1) is 0 Å². The van der Waals surface area contributed by atoms with Gasteiger partial charge in [-0.15, -0.1) is 0 Å². The summed E-state index contributed by atoms with van der Waals surface area (Å²) in [7, 11) is -6.82. The quantitative estimate of drug-likeness (QED) is 0.830. The first-order chi connectivity index (χ1) is 12.3. The zero-order valence-electron chi connectivity index (χ0n) is 14.4. The monoisotopic (exact) mass is 395 g/mol. The lowest BCUT2D eigenvalue weighted by Gasteiger charge is -2.34. The van der Waals surface area contributed by atoms with Crippen molar-refractivity contribution in [2.75, 3.05) is 42.1 Å². The molecule has 1 heterocycles. The molecule has 26 heavy (non-hydrogen) atoms. The average molecular weight is 396 g/mol. The van der Waals surface area contributed by atoms with E-state index in [0.29, 0.717) is 31.9 Å². The van der Waals surface area contributed by atoms with Crippen LogP contribution in [-0.4, -0.2) is 53.6 Å². The summed E-state index contributed by atoms with van der Waals surface area (Å²) in [5.74, 6) is 0. The van der Waals surface area contributed by atoms with Gasteiger partial charge in [0.1, 0.15) is 0 Å². The van der Waals surface area contributed by atoms with Crippen molar-refractivity contribution in [1.82, 2.24) is 4.31 Å². The summed E-state index contributed by atoms with van der Waals surface area (Å²) in [4.78, 5) is 2.24. The topological polar surface area (TPSA) is 86.8 Å². The maximum atomic E-state index is 12.4. The van der Waals surface area contributed by atoms with E-state index in [9.17, 15) is 16.8 Å². The number of anilines is 2. The van der Waals surface area contributed by atoms with Gasteiger partial charge in [-0.3, -0.25) is 4.72 Å². The molecule has 1 aliphatic rings. The van der Waals surface area contributed by atoms with Gasteiger partial charge in [-0.05, 0) is 30.3 Å². The van der Waals surface area contributed by atoms with Crippen LogP contribution in [0.1, 0.15) is 0 Å². The average Bonchev–Trinajstić information content (AvgIpc) is 2.62. The molecular weight excluding hydrogens is 374 g/mol. The molecule has 7 nitrogen and oxygen atoms in total. The molecule has 1 saturated heterocycles. The van der Waals surface area contributed by atoms with Gasteiger partial charge in [0.05, 0.1) is 16.8 Å². The summed E-state index contributed by atoms with van der Waals surface area (Å²) >= 11 is 0. The van der Waals surface area contributed by atoms with Crippen LogP contribution in [0.25, 0.3) is 0 Å². The third-order valence-electron chi connectivity index (χ3n) is 4.22. The molecule has 0 radical (unpaired) electrons. The Morgan fingerprint density at radius 3 is 2.12 bits per heavy atom. The molecule has 0 aromatic heterocycles. The zero-order valence-corrected chi connectivity index (χ0v) is 16.0. The van der Waals surface area contributed by atoms with Crippen molar-refractivity contribution in [3.63, 3.8) is 0 Å². The van der Waals surface area contributed by atoms with E-state index in [0.717, 1.165) is 5.69 Å². The number of piperazine rings is 1. The van der Waals surface area contributed by atoms with E-state index in [4.69, 9.17) is 0 Å². The van der Waals surface area contributed by atoms with E-state index in [1.54, 1.807) is 36.4 Å². The first-order valence-electron chi connectivity index (χ1n) is 8.14. The molecule has 1 fully saturated rings. The lowest BCUT2D eigenvalue weighted by atomic mass is 10.2. The second-order valence-electron chi connectivity index (χ2n) is 6.12. The van der Waals surface area contributed by atoms with Crippen LogP contribution < -0.4 is 9.62 Å². The van der Waals surface area contributed by atoms with Gasteiger partial charge in [0, 0.05) is 31.9 Å². The van der Waals surface area contributed by atoms with Crippen molar-refractivity contribution < 1.29 is 16.8 Å². The molecular formula is C17H21N3O4S2. The predicted molar refractivity (Wildman–Crippen MR) is 102 cm³/mol. The van der Waals surface area contributed by atoms with Crippen molar-refractivity contribution >= 4 is 31.4 Å². The summed E-state index contributed by atoms with van der Waals surface area (Å²) < 4.78 is 52.1. The highest BCUT2D eigenvalue weighted by atomic mass is 32.2. The molecule has 0 unspecified atom stereocenters. The van der Waals surface area contributed by atoms with Gasteiger partial charge in [0.2, 0.25) is 10.0 Å². The fourth-order valence-corrected chi connectivity index (χ4v) is 4.75. The molecule has 3 rings (SSSR count). The van der Waals surface area contributed by atoms with Crippen molar-refractivity contribution in [1.29, 1.82) is 0 Å². The molecule has 140 valence electrons. The van der Waals surface area contributed by atoms with Gasteiger partial charge in [-0.1, -0.05) is 24.3 Å². The number of hydrogen-bond donors (Lipinski definition) is 1. The molecule has 1 N–H and O–H groups in total. The number of hydrogen-bond acceptors (Lipinski definition) is 5. The maximum Gasteiger partial charge on any atom is 0.261 e. The number of rotatable bonds is 5. The Balaban J connectivity index is 1.73. The van der Waals surface area contributed by atoms with Crippen molar-refractivity contribution in [2.24, 2.45) is 0 Å². The van der Waals surface area contributed by atoms with Crippen molar-refractivity contribution in [3.8, 4) is 0 Å². The van der Waals surface area contributed by atoms with Gasteiger partial charge in [-0.2, -0.15) is 4.31 Å². The summed E-state index contributed by atoms with van der Waals surface area (Å²) in [6.45, 7) is 1.95. The van der Waals surface area contributed by atoms with Gasteiger partial charge < -0.3 is 4.90 Å². The van der Waals surface area contributed by atoms with Crippen LogP contribution >= 0.6 is 0 Å². The molecule has 0 spiro atoms. The molecule has 0 atom stereocenters. The third-order valence-corrected chi connectivity index (χ3v) is 6.93. The normalized spacial score (nSPS) is 16.4. The second kappa shape index (κ2) is 7.26. The van der Waals surface area contributed by atoms with Crippen LogP contribution in [-0.2, 0) is 20.0 Å². The minimum Gasteiger partial charge on any atom is -0.369 e. The largest absolute Gasteiger partial charge is 0.369 e. The fraction of sp³-hybridized carbons (Fsp3) is 0.294. The van der Waals surface area contributed by atoms with E-state index in [1.165, 1.54) is 22.7 Å². The van der Waals surface area contributed by atoms with Gasteiger partial charge in [0.25, 0.3) is 10.0 Å². The smallest absolute Gasteiger partial charge is 0.261 e. The second-order valence-corrected chi connectivity index (χ2v) is 9.78. The highest BCUT2D eigenvalue weighted by molar-refractivity contribution is 7.92. The van der Waals surface area contributed by atoms with Crippen molar-refractivity contribution in [3.05, 3.63) is 54.6 Å². The van der Waals surface area contributed by atoms with E-state index in [2.05, 4.69) is 4.72 Å². The van der Waals surface area contributed by atoms with Crippen LogP contribution in [0.5, 0.6) is 0 Å². The van der Waals surface area contributed by atoms with Crippen LogP contribution in [0.4, 0.5) is 11.4 Å². The summed E-state index contributed by atoms with van der Waals surface area (Å²) in [6, 6.07) is 15.3. The number of benzene rings is 2. The van der Waals surface area contributed by atoms with Gasteiger partial charge in [-0.25, -0.2) is 16.8 Å². The zero-order chi connectivity index (χ0) is 18.8. The summed E-state index contributed by atoms with van der Waals surface area (Å²) in [6.07, 6.45) is 1.21. The van der Waals surface area contributed by atoms with E-state index in [-0.39, 0.29) is 4.90 Å². The molecule has 2 aromatic carbocycles. The molecule has 9 heteroatoms. The minimum atomic E-state index is -3.65. The van der Waals surface area contributed by atoms with Gasteiger partial charge >= 0.3 is 0 Å². The molecule has 2 aromatic rings. The fourth-order valence-electron chi connectivity index (χ4n) is 2.86. The Morgan fingerprint density at radius 2 is 1.50 bits per heavy atom. The Labute approximate surface area is 154 Å². The van der Waals surface area contributed by atoms with Crippen molar-refractivity contribution in [2.45, 2.75) is 4.90 Å². The predicted octanol–water partition coefficient (Wildman–Crippen LogP) is 1.57. The first-order valence-corrected chi connectivity index (χ1v) is 11.5. The number of nitrogens with zero attached hydrogens (tertiary/aromatic N) is 2. The van der Waals surface area contributed by atoms with Gasteiger partial charge in [0.15, 0.2) is 0 Å². The van der Waals surface area contributed by atoms with Crippen LogP contribution in [0.3, 0.4) is 0 Å². The Hall–Kier alpha value is -2.10. The standard InChI is InChI=1S/C17H21N3O4S2/c1-25(21,22)20-12-10-19(11-13-20)16-7-5-6-15(14-16)18-26(23,24)17-8-3-2-4-9-17/h2-9,14,18H,10-13H2,1H3. The summed E-state index contributed by atoms with van der Waals surface area (Å²) in [5, 5.41) is 0. The third kappa shape index (κ3) is 4.35. The highest BCUT2D eigenvalue weighted by Crippen LogP contribution is 2.23. The number of sulfonamides is 2. The lowest BCUT2D eigenvalue weighted by Crippen LogP contribution is -2.48. The maximum absolute atomic E-state index is 12.4. The minimum absolute atomic E-state index is 0.201.